The van der Waals surface area contributed by atoms with Crippen molar-refractivity contribution < 1.29 is 13.9 Å². The van der Waals surface area contributed by atoms with Gasteiger partial charge in [-0.05, 0) is 52.0 Å². The molecule has 0 radical (unpaired) electrons. The highest BCUT2D eigenvalue weighted by Crippen LogP contribution is 2.41. The fourth-order valence-corrected chi connectivity index (χ4v) is 4.64. The molecule has 0 spiro atoms. The molecule has 4 rings (SSSR count). The van der Waals surface area contributed by atoms with Crippen LogP contribution in [0.1, 0.15) is 43.0 Å². The van der Waals surface area contributed by atoms with Crippen LogP contribution < -0.4 is 0 Å². The molecule has 0 aliphatic carbocycles. The number of halogens is 2. The summed E-state index contributed by atoms with van der Waals surface area (Å²) in [5.41, 5.74) is 2.16. The van der Waals surface area contributed by atoms with Crippen molar-refractivity contribution in [3.05, 3.63) is 65.0 Å². The second-order valence-corrected chi connectivity index (χ2v) is 8.90. The van der Waals surface area contributed by atoms with Crippen LogP contribution in [0, 0.1) is 12.7 Å². The lowest BCUT2D eigenvalue weighted by atomic mass is 10.2. The second kappa shape index (κ2) is 8.96. The van der Waals surface area contributed by atoms with E-state index in [9.17, 15) is 4.79 Å². The van der Waals surface area contributed by atoms with Crippen LogP contribution in [-0.4, -0.2) is 31.9 Å². The third-order valence-electron chi connectivity index (χ3n) is 4.99. The number of aromatic nitrogens is 4. The van der Waals surface area contributed by atoms with Crippen molar-refractivity contribution in [1.29, 1.82) is 0 Å². The first-order valence-corrected chi connectivity index (χ1v) is 11.4. The molecule has 32 heavy (non-hydrogen) atoms. The third-order valence-corrected chi connectivity index (χ3v) is 6.44. The summed E-state index contributed by atoms with van der Waals surface area (Å²) in [5, 5.41) is 5.76. The molecule has 0 unspecified atom stereocenters. The van der Waals surface area contributed by atoms with E-state index in [-0.39, 0.29) is 23.4 Å². The number of hydrogen-bond donors (Lipinski definition) is 0. The number of fused-ring (bicyclic) bond motifs is 1. The van der Waals surface area contributed by atoms with Crippen molar-refractivity contribution >= 4 is 40.2 Å². The number of ether oxygens (including phenoxy) is 1. The number of pyridine rings is 1. The Hall–Kier alpha value is -2.84. The molecule has 166 valence electrons. The SMILES string of the molecule is CCOC(=O)c1cccc(Sc2c(C)n(-c3cnn(C(C)C)c3)c3c(F)c(Cl)ccc23)n1. The Morgan fingerprint density at radius 2 is 2.06 bits per heavy atom. The van der Waals surface area contributed by atoms with Gasteiger partial charge in [0, 0.05) is 28.2 Å². The highest BCUT2D eigenvalue weighted by molar-refractivity contribution is 7.99. The average Bonchev–Trinajstić information content (AvgIpc) is 3.35. The molecule has 0 fully saturated rings. The van der Waals surface area contributed by atoms with Crippen LogP contribution in [0.3, 0.4) is 0 Å². The quantitative estimate of drug-likeness (QED) is 0.311. The van der Waals surface area contributed by atoms with Gasteiger partial charge in [-0.15, -0.1) is 0 Å². The Bertz CT molecular complexity index is 1320. The van der Waals surface area contributed by atoms with E-state index in [0.717, 1.165) is 16.3 Å². The van der Waals surface area contributed by atoms with Gasteiger partial charge in [0.25, 0.3) is 0 Å². The van der Waals surface area contributed by atoms with Crippen LogP contribution in [0.15, 0.2) is 52.6 Å². The van der Waals surface area contributed by atoms with Crippen molar-refractivity contribution in [2.45, 2.75) is 43.7 Å². The first-order chi connectivity index (χ1) is 15.3. The molecule has 0 bridgehead atoms. The molecule has 0 aliphatic heterocycles. The van der Waals surface area contributed by atoms with Gasteiger partial charge in [-0.1, -0.05) is 29.4 Å². The first kappa shape index (κ1) is 22.4. The van der Waals surface area contributed by atoms with Crippen LogP contribution in [0.2, 0.25) is 5.02 Å². The number of hydrogen-bond acceptors (Lipinski definition) is 5. The maximum Gasteiger partial charge on any atom is 0.356 e. The normalized spacial score (nSPS) is 11.5. The van der Waals surface area contributed by atoms with Crippen molar-refractivity contribution in [2.24, 2.45) is 0 Å². The standard InChI is InChI=1S/C23H22ClFN4O2S/c1-5-31-23(30)18-7-6-8-19(27-18)32-22-14(4)29(15-11-26-28(12-15)13(2)3)21-16(22)9-10-17(24)20(21)25/h6-13H,5H2,1-4H3. The van der Waals surface area contributed by atoms with Crippen LogP contribution in [0.25, 0.3) is 16.6 Å². The van der Waals surface area contributed by atoms with Crippen molar-refractivity contribution in [3.8, 4) is 5.69 Å². The number of carbonyl (C=O) groups excluding carboxylic acids is 1. The zero-order valence-corrected chi connectivity index (χ0v) is 19.7. The Balaban J connectivity index is 1.86. The van der Waals surface area contributed by atoms with Crippen LogP contribution in [0.4, 0.5) is 4.39 Å². The van der Waals surface area contributed by atoms with Gasteiger partial charge in [-0.3, -0.25) is 4.68 Å². The number of rotatable bonds is 6. The predicted octanol–water partition coefficient (Wildman–Crippen LogP) is 6.23. The monoisotopic (exact) mass is 472 g/mol. The van der Waals surface area contributed by atoms with Gasteiger partial charge < -0.3 is 9.30 Å². The molecule has 9 heteroatoms. The summed E-state index contributed by atoms with van der Waals surface area (Å²) < 4.78 is 23.9. The van der Waals surface area contributed by atoms with Crippen molar-refractivity contribution in [1.82, 2.24) is 19.3 Å². The van der Waals surface area contributed by atoms with Gasteiger partial charge in [-0.25, -0.2) is 14.2 Å². The summed E-state index contributed by atoms with van der Waals surface area (Å²) in [6.45, 7) is 7.98. The lowest BCUT2D eigenvalue weighted by Gasteiger charge is -2.08. The summed E-state index contributed by atoms with van der Waals surface area (Å²) >= 11 is 7.49. The average molecular weight is 473 g/mol. The smallest absolute Gasteiger partial charge is 0.356 e. The van der Waals surface area contributed by atoms with E-state index in [1.807, 2.05) is 36.2 Å². The molecule has 0 saturated carbocycles. The van der Waals surface area contributed by atoms with Gasteiger partial charge in [0.15, 0.2) is 5.82 Å². The lowest BCUT2D eigenvalue weighted by molar-refractivity contribution is 0.0518. The van der Waals surface area contributed by atoms with Gasteiger partial charge in [0.1, 0.15) is 10.7 Å². The maximum absolute atomic E-state index is 15.2. The maximum atomic E-state index is 15.2. The number of benzene rings is 1. The minimum Gasteiger partial charge on any atom is -0.461 e. The molecule has 0 atom stereocenters. The Morgan fingerprint density at radius 1 is 1.28 bits per heavy atom. The van der Waals surface area contributed by atoms with E-state index in [0.29, 0.717) is 15.9 Å². The Labute approximate surface area is 194 Å². The molecular weight excluding hydrogens is 451 g/mol. The Kier molecular flexibility index (Phi) is 6.26. The number of carbonyl (C=O) groups is 1. The highest BCUT2D eigenvalue weighted by Gasteiger charge is 2.22. The molecule has 6 nitrogen and oxygen atoms in total. The van der Waals surface area contributed by atoms with Gasteiger partial charge in [0.05, 0.1) is 29.0 Å². The molecule has 0 N–H and O–H groups in total. The van der Waals surface area contributed by atoms with E-state index >= 15 is 4.39 Å². The summed E-state index contributed by atoms with van der Waals surface area (Å²) in [4.78, 5) is 17.3. The zero-order chi connectivity index (χ0) is 23.0. The zero-order valence-electron chi connectivity index (χ0n) is 18.1. The highest BCUT2D eigenvalue weighted by atomic mass is 35.5. The fraction of sp³-hybridized carbons (Fsp3) is 0.261. The minimum absolute atomic E-state index is 0.0477. The molecule has 1 aromatic carbocycles. The first-order valence-electron chi connectivity index (χ1n) is 10.2. The second-order valence-electron chi connectivity index (χ2n) is 7.46. The fourth-order valence-electron chi connectivity index (χ4n) is 3.48. The van der Waals surface area contributed by atoms with Gasteiger partial charge in [-0.2, -0.15) is 5.10 Å². The largest absolute Gasteiger partial charge is 0.461 e. The predicted molar refractivity (Wildman–Crippen MR) is 123 cm³/mol. The minimum atomic E-state index is -0.496. The van der Waals surface area contributed by atoms with Crippen LogP contribution in [-0.2, 0) is 4.74 Å². The molecule has 4 aromatic rings. The molecule has 3 aromatic heterocycles. The van der Waals surface area contributed by atoms with Crippen LogP contribution in [0.5, 0.6) is 0 Å². The third kappa shape index (κ3) is 4.00. The summed E-state index contributed by atoms with van der Waals surface area (Å²) in [6.07, 6.45) is 3.59. The van der Waals surface area contributed by atoms with Crippen molar-refractivity contribution in [2.75, 3.05) is 6.61 Å². The molecule has 0 amide bonds. The number of nitrogens with zero attached hydrogens (tertiary/aromatic N) is 4. The Morgan fingerprint density at radius 3 is 2.75 bits per heavy atom. The van der Waals surface area contributed by atoms with E-state index in [4.69, 9.17) is 16.3 Å². The summed E-state index contributed by atoms with van der Waals surface area (Å²) in [7, 11) is 0. The van der Waals surface area contributed by atoms with E-state index in [1.54, 1.807) is 43.5 Å². The summed E-state index contributed by atoms with van der Waals surface area (Å²) in [6, 6.07) is 8.68. The van der Waals surface area contributed by atoms with Crippen molar-refractivity contribution in [3.63, 3.8) is 0 Å². The van der Waals surface area contributed by atoms with Gasteiger partial charge in [0.2, 0.25) is 0 Å². The lowest BCUT2D eigenvalue weighted by Crippen LogP contribution is -2.07. The van der Waals surface area contributed by atoms with Crippen LogP contribution >= 0.6 is 23.4 Å². The molecule has 3 heterocycles. The molecule has 0 saturated heterocycles. The number of esters is 1. The molecule has 0 aliphatic rings. The topological polar surface area (TPSA) is 61.9 Å². The van der Waals surface area contributed by atoms with Gasteiger partial charge >= 0.3 is 5.97 Å². The van der Waals surface area contributed by atoms with E-state index in [2.05, 4.69) is 10.1 Å². The van der Waals surface area contributed by atoms with E-state index < -0.39 is 11.8 Å². The van der Waals surface area contributed by atoms with E-state index in [1.165, 1.54) is 11.8 Å². The molecular formula is C23H22ClFN4O2S. The summed E-state index contributed by atoms with van der Waals surface area (Å²) in [5.74, 6) is -0.974.